The molecule has 0 aromatic carbocycles. The van der Waals surface area contributed by atoms with Gasteiger partial charge in [-0.2, -0.15) is 0 Å². The molecule has 3 heteroatoms. The second kappa shape index (κ2) is 5.56. The lowest BCUT2D eigenvalue weighted by atomic mass is 10.3. The zero-order chi connectivity index (χ0) is 7.11. The monoisotopic (exact) mass is 130 g/mol. The van der Waals surface area contributed by atoms with Gasteiger partial charge in [-0.1, -0.05) is 12.1 Å². The van der Waals surface area contributed by atoms with Crippen molar-refractivity contribution in [1.29, 1.82) is 0 Å². The summed E-state index contributed by atoms with van der Waals surface area (Å²) in [7, 11) is 0. The van der Waals surface area contributed by atoms with Gasteiger partial charge in [-0.25, -0.2) is 0 Å². The Morgan fingerprint density at radius 1 is 1.67 bits per heavy atom. The quantitative estimate of drug-likeness (QED) is 0.451. The van der Waals surface area contributed by atoms with Crippen LogP contribution in [0.3, 0.4) is 0 Å². The Labute approximate surface area is 55.9 Å². The molecule has 1 unspecified atom stereocenters. The molecule has 3 nitrogen and oxygen atoms in total. The van der Waals surface area contributed by atoms with Crippen molar-refractivity contribution in [3.63, 3.8) is 0 Å². The Hall–Kier alpha value is -0.570. The lowest BCUT2D eigenvalue weighted by molar-refractivity contribution is 0.159. The molecule has 0 radical (unpaired) electrons. The third-order valence-electron chi connectivity index (χ3n) is 0.927. The maximum Gasteiger partial charge on any atom is 0.114 e. The molecule has 54 valence electrons. The van der Waals surface area contributed by atoms with Crippen molar-refractivity contribution < 1.29 is 4.84 Å². The van der Waals surface area contributed by atoms with E-state index in [0.717, 1.165) is 6.42 Å². The number of hydrogen-bond donors (Lipinski definition) is 1. The molecule has 0 spiro atoms. The van der Waals surface area contributed by atoms with Crippen molar-refractivity contribution in [2.24, 2.45) is 10.9 Å². The highest BCUT2D eigenvalue weighted by Crippen LogP contribution is 1.81. The zero-order valence-corrected chi connectivity index (χ0v) is 6.00. The third kappa shape index (κ3) is 5.30. The third-order valence-corrected chi connectivity index (χ3v) is 0.927. The van der Waals surface area contributed by atoms with E-state index in [1.165, 1.54) is 0 Å². The summed E-state index contributed by atoms with van der Waals surface area (Å²) in [6.07, 6.45) is 2.51. The van der Waals surface area contributed by atoms with Crippen LogP contribution >= 0.6 is 0 Å². The summed E-state index contributed by atoms with van der Waals surface area (Å²) in [4.78, 5) is 4.70. The van der Waals surface area contributed by atoms with Crippen LogP contribution in [-0.2, 0) is 4.84 Å². The lowest BCUT2D eigenvalue weighted by Gasteiger charge is -1.97. The number of nitrogens with zero attached hydrogens (tertiary/aromatic N) is 1. The summed E-state index contributed by atoms with van der Waals surface area (Å²) < 4.78 is 0. The van der Waals surface area contributed by atoms with Crippen LogP contribution in [0.4, 0.5) is 0 Å². The summed E-state index contributed by atoms with van der Waals surface area (Å²) in [5.74, 6) is 0. The maximum absolute atomic E-state index is 5.48. The van der Waals surface area contributed by atoms with Crippen LogP contribution in [0.2, 0.25) is 0 Å². The average Bonchev–Trinajstić information content (AvgIpc) is 1.89. The van der Waals surface area contributed by atoms with E-state index in [1.807, 2.05) is 13.8 Å². The predicted octanol–water partition coefficient (Wildman–Crippen LogP) is 0.746. The van der Waals surface area contributed by atoms with E-state index in [4.69, 9.17) is 10.6 Å². The smallest absolute Gasteiger partial charge is 0.114 e. The minimum absolute atomic E-state index is 0.0385. The second-order valence-corrected chi connectivity index (χ2v) is 1.74. The van der Waals surface area contributed by atoms with Crippen LogP contribution in [0.5, 0.6) is 0 Å². The summed E-state index contributed by atoms with van der Waals surface area (Å²) in [5, 5.41) is 3.61. The molecule has 0 heterocycles. The van der Waals surface area contributed by atoms with Crippen LogP contribution in [0, 0.1) is 0 Å². The van der Waals surface area contributed by atoms with Gasteiger partial charge in [0.25, 0.3) is 0 Å². The lowest BCUT2D eigenvalue weighted by Crippen LogP contribution is -2.19. The largest absolute Gasteiger partial charge is 0.396 e. The number of oxime groups is 1. The molecule has 0 aromatic heterocycles. The molecule has 0 aliphatic carbocycles. The van der Waals surface area contributed by atoms with Gasteiger partial charge in [0.15, 0.2) is 0 Å². The molecule has 0 aliphatic heterocycles. The molecule has 9 heavy (non-hydrogen) atoms. The Bertz CT molecular complexity index is 83.1. The molecule has 0 bridgehead atoms. The Balaban J connectivity index is 3.20. The number of hydrogen-bond acceptors (Lipinski definition) is 3. The minimum Gasteiger partial charge on any atom is -0.396 e. The van der Waals surface area contributed by atoms with E-state index in [2.05, 4.69) is 5.16 Å². The highest BCUT2D eigenvalue weighted by atomic mass is 16.6. The first kappa shape index (κ1) is 8.43. The van der Waals surface area contributed by atoms with Crippen LogP contribution in [0.25, 0.3) is 0 Å². The second-order valence-electron chi connectivity index (χ2n) is 1.74. The molecule has 0 aromatic rings. The fraction of sp³-hybridized carbons (Fsp3) is 0.833. The average molecular weight is 130 g/mol. The van der Waals surface area contributed by atoms with Crippen molar-refractivity contribution >= 4 is 6.21 Å². The zero-order valence-electron chi connectivity index (χ0n) is 6.00. The first-order chi connectivity index (χ1) is 4.31. The topological polar surface area (TPSA) is 47.6 Å². The molecular weight excluding hydrogens is 116 g/mol. The van der Waals surface area contributed by atoms with Gasteiger partial charge in [-0.3, -0.25) is 0 Å². The molecule has 0 rings (SSSR count). The fourth-order valence-corrected chi connectivity index (χ4v) is 0.301. The van der Waals surface area contributed by atoms with Gasteiger partial charge in [0.05, 0.1) is 6.21 Å². The van der Waals surface area contributed by atoms with E-state index in [1.54, 1.807) is 6.21 Å². The SMILES string of the molecule is CCO/N=C/C(N)CC. The minimum atomic E-state index is 0.0385. The van der Waals surface area contributed by atoms with Gasteiger partial charge in [0.2, 0.25) is 0 Å². The highest BCUT2D eigenvalue weighted by Gasteiger charge is 1.89. The van der Waals surface area contributed by atoms with Crippen molar-refractivity contribution in [3.8, 4) is 0 Å². The van der Waals surface area contributed by atoms with Crippen molar-refractivity contribution in [1.82, 2.24) is 0 Å². The molecule has 0 fully saturated rings. The Kier molecular flexibility index (Phi) is 5.21. The Morgan fingerprint density at radius 2 is 2.33 bits per heavy atom. The number of nitrogens with two attached hydrogens (primary N) is 1. The molecule has 1 atom stereocenters. The Morgan fingerprint density at radius 3 is 2.78 bits per heavy atom. The standard InChI is InChI=1S/C6H14N2O/c1-3-6(7)5-8-9-4-2/h5-6H,3-4,7H2,1-2H3/b8-5+. The van der Waals surface area contributed by atoms with E-state index >= 15 is 0 Å². The van der Waals surface area contributed by atoms with Crippen molar-refractivity contribution in [2.45, 2.75) is 26.3 Å². The fourth-order valence-electron chi connectivity index (χ4n) is 0.301. The summed E-state index contributed by atoms with van der Waals surface area (Å²) in [6.45, 7) is 4.49. The van der Waals surface area contributed by atoms with Gasteiger partial charge in [-0.15, -0.1) is 0 Å². The van der Waals surface area contributed by atoms with Crippen molar-refractivity contribution in [2.75, 3.05) is 6.61 Å². The molecule has 0 amide bonds. The molecule has 2 N–H and O–H groups in total. The normalized spacial score (nSPS) is 14.1. The van der Waals surface area contributed by atoms with Crippen LogP contribution in [0.15, 0.2) is 5.16 Å². The summed E-state index contributed by atoms with van der Waals surface area (Å²) in [5.41, 5.74) is 5.48. The van der Waals surface area contributed by atoms with E-state index < -0.39 is 0 Å². The molecule has 0 saturated heterocycles. The van der Waals surface area contributed by atoms with Gasteiger partial charge >= 0.3 is 0 Å². The van der Waals surface area contributed by atoms with Gasteiger partial charge < -0.3 is 10.6 Å². The van der Waals surface area contributed by atoms with Crippen LogP contribution in [-0.4, -0.2) is 18.9 Å². The first-order valence-corrected chi connectivity index (χ1v) is 3.22. The molecule has 0 aliphatic rings. The maximum atomic E-state index is 5.48. The van der Waals surface area contributed by atoms with Crippen LogP contribution < -0.4 is 5.73 Å². The van der Waals surface area contributed by atoms with Gasteiger partial charge in [0.1, 0.15) is 6.61 Å². The van der Waals surface area contributed by atoms with Gasteiger partial charge in [-0.05, 0) is 13.3 Å². The number of rotatable bonds is 4. The summed E-state index contributed by atoms with van der Waals surface area (Å²) >= 11 is 0. The van der Waals surface area contributed by atoms with Gasteiger partial charge in [0, 0.05) is 6.04 Å². The van der Waals surface area contributed by atoms with E-state index in [0.29, 0.717) is 6.61 Å². The highest BCUT2D eigenvalue weighted by molar-refractivity contribution is 5.62. The predicted molar refractivity (Wildman–Crippen MR) is 38.4 cm³/mol. The van der Waals surface area contributed by atoms with E-state index in [-0.39, 0.29) is 6.04 Å². The molecular formula is C6H14N2O. The molecule has 0 saturated carbocycles. The van der Waals surface area contributed by atoms with E-state index in [9.17, 15) is 0 Å². The van der Waals surface area contributed by atoms with Crippen molar-refractivity contribution in [3.05, 3.63) is 0 Å². The first-order valence-electron chi connectivity index (χ1n) is 3.22. The van der Waals surface area contributed by atoms with Crippen LogP contribution in [0.1, 0.15) is 20.3 Å². The summed E-state index contributed by atoms with van der Waals surface area (Å²) in [6, 6.07) is 0.0385.